The summed E-state index contributed by atoms with van der Waals surface area (Å²) >= 11 is 0. The van der Waals surface area contributed by atoms with Gasteiger partial charge in [0.1, 0.15) is 17.3 Å². The van der Waals surface area contributed by atoms with Crippen LogP contribution in [0.25, 0.3) is 0 Å². The van der Waals surface area contributed by atoms with Gasteiger partial charge in [0.15, 0.2) is 0 Å². The fourth-order valence-corrected chi connectivity index (χ4v) is 1.14. The first-order valence-electron chi connectivity index (χ1n) is 4.36. The number of carbonyl (C=O) groups excluding carboxylic acids is 1. The fourth-order valence-electron chi connectivity index (χ4n) is 1.14. The Morgan fingerprint density at radius 1 is 1.62 bits per heavy atom. The molecule has 0 spiro atoms. The molecule has 0 saturated heterocycles. The second-order valence-corrected chi connectivity index (χ2v) is 2.78. The summed E-state index contributed by atoms with van der Waals surface area (Å²) in [6.45, 7) is 0. The Morgan fingerprint density at radius 3 is 2.81 bits per heavy atom. The Kier molecular flexibility index (Phi) is 3.76. The van der Waals surface area contributed by atoms with Crippen LogP contribution in [0.15, 0.2) is 23.4 Å². The van der Waals surface area contributed by atoms with Crippen LogP contribution in [0.5, 0.6) is 5.75 Å². The Hall–Kier alpha value is -2.18. The smallest absolute Gasteiger partial charge is 0.343 e. The molecule has 1 aromatic carbocycles. The molecule has 0 aliphatic heterocycles. The highest BCUT2D eigenvalue weighted by atomic mass is 19.1. The van der Waals surface area contributed by atoms with E-state index < -0.39 is 11.8 Å². The van der Waals surface area contributed by atoms with Crippen molar-refractivity contribution in [3.8, 4) is 5.75 Å². The number of benzene rings is 1. The van der Waals surface area contributed by atoms with Crippen LogP contribution in [-0.4, -0.2) is 20.2 Å². The number of ether oxygens (including phenoxy) is 1. The zero-order valence-corrected chi connectivity index (χ0v) is 8.82. The molecule has 7 heteroatoms. The van der Waals surface area contributed by atoms with E-state index in [0.717, 1.165) is 17.1 Å². The number of anilines is 1. The molecule has 0 atom stereocenters. The van der Waals surface area contributed by atoms with Gasteiger partial charge < -0.3 is 10.1 Å². The van der Waals surface area contributed by atoms with Crippen LogP contribution in [-0.2, 0) is 0 Å². The third kappa shape index (κ3) is 2.25. The molecule has 2 N–H and O–H groups in total. The van der Waals surface area contributed by atoms with E-state index >= 15 is 0 Å². The molecule has 0 radical (unpaired) electrons. The standard InChI is InChI=1S/C9H11FN4O2/c1-12-9(15)14(13-11)7-4-3-6(10)5-8(7)16-2/h3-5,11H,1-2H3,(H,12,15). The highest BCUT2D eigenvalue weighted by Gasteiger charge is 2.18. The molecule has 0 fully saturated rings. The SMILES string of the molecule is CNC(=O)N(N=N)c1ccc(F)cc1OC. The van der Waals surface area contributed by atoms with Gasteiger partial charge in [-0.3, -0.25) is 0 Å². The second kappa shape index (κ2) is 5.06. The quantitative estimate of drug-likeness (QED) is 0.610. The van der Waals surface area contributed by atoms with Crippen LogP contribution >= 0.6 is 0 Å². The molecule has 0 saturated carbocycles. The maximum absolute atomic E-state index is 12.9. The van der Waals surface area contributed by atoms with Crippen molar-refractivity contribution in [2.75, 3.05) is 19.2 Å². The average molecular weight is 226 g/mol. The van der Waals surface area contributed by atoms with Crippen molar-refractivity contribution >= 4 is 11.7 Å². The van der Waals surface area contributed by atoms with Crippen LogP contribution in [0, 0.1) is 11.3 Å². The van der Waals surface area contributed by atoms with Crippen molar-refractivity contribution in [1.29, 1.82) is 5.53 Å². The van der Waals surface area contributed by atoms with Crippen molar-refractivity contribution in [2.24, 2.45) is 5.22 Å². The first-order valence-corrected chi connectivity index (χ1v) is 4.36. The first-order chi connectivity index (χ1) is 7.63. The van der Waals surface area contributed by atoms with Crippen LogP contribution < -0.4 is 15.1 Å². The molecule has 6 nitrogen and oxygen atoms in total. The number of hydrogen-bond donors (Lipinski definition) is 2. The van der Waals surface area contributed by atoms with Crippen LogP contribution in [0.1, 0.15) is 0 Å². The van der Waals surface area contributed by atoms with Gasteiger partial charge in [0.2, 0.25) is 0 Å². The Bertz CT molecular complexity index is 410. The summed E-state index contributed by atoms with van der Waals surface area (Å²) in [5, 5.41) is 6.10. The number of nitrogens with one attached hydrogen (secondary N) is 2. The zero-order valence-electron chi connectivity index (χ0n) is 8.82. The molecular formula is C9H11FN4O2. The van der Waals surface area contributed by atoms with Gasteiger partial charge in [-0.15, -0.1) is 0 Å². The van der Waals surface area contributed by atoms with E-state index in [1.807, 2.05) is 0 Å². The minimum absolute atomic E-state index is 0.125. The summed E-state index contributed by atoms with van der Waals surface area (Å²) in [4.78, 5) is 11.3. The van der Waals surface area contributed by atoms with Crippen molar-refractivity contribution in [1.82, 2.24) is 5.32 Å². The van der Waals surface area contributed by atoms with Crippen molar-refractivity contribution < 1.29 is 13.9 Å². The summed E-state index contributed by atoms with van der Waals surface area (Å²) in [5.41, 5.74) is 7.09. The Labute approximate surface area is 91.5 Å². The molecule has 0 aliphatic rings. The number of nitrogens with zero attached hydrogens (tertiary/aromatic N) is 2. The molecule has 1 rings (SSSR count). The van der Waals surface area contributed by atoms with E-state index in [1.54, 1.807) is 0 Å². The average Bonchev–Trinajstić information content (AvgIpc) is 2.31. The van der Waals surface area contributed by atoms with E-state index in [0.29, 0.717) is 0 Å². The van der Waals surface area contributed by atoms with Crippen molar-refractivity contribution in [2.45, 2.75) is 0 Å². The highest BCUT2D eigenvalue weighted by molar-refractivity contribution is 5.92. The number of methoxy groups -OCH3 is 1. The van der Waals surface area contributed by atoms with Gasteiger partial charge in [0.25, 0.3) is 0 Å². The summed E-state index contributed by atoms with van der Waals surface area (Å²) < 4.78 is 17.8. The number of hydrogen-bond acceptors (Lipinski definition) is 4. The normalized spacial score (nSPS) is 9.44. The highest BCUT2D eigenvalue weighted by Crippen LogP contribution is 2.29. The molecule has 0 heterocycles. The van der Waals surface area contributed by atoms with Crippen molar-refractivity contribution in [3.05, 3.63) is 24.0 Å². The van der Waals surface area contributed by atoms with E-state index in [4.69, 9.17) is 10.3 Å². The summed E-state index contributed by atoms with van der Waals surface area (Å²) in [5.74, 6) is -0.373. The molecule has 2 amide bonds. The van der Waals surface area contributed by atoms with Gasteiger partial charge in [-0.2, -0.15) is 10.5 Å². The second-order valence-electron chi connectivity index (χ2n) is 2.78. The third-order valence-electron chi connectivity index (χ3n) is 1.88. The summed E-state index contributed by atoms with van der Waals surface area (Å²) in [7, 11) is 2.74. The van der Waals surface area contributed by atoms with Crippen LogP contribution in [0.4, 0.5) is 14.9 Å². The van der Waals surface area contributed by atoms with Gasteiger partial charge >= 0.3 is 6.03 Å². The lowest BCUT2D eigenvalue weighted by Crippen LogP contribution is -2.33. The molecule has 16 heavy (non-hydrogen) atoms. The number of urea groups is 1. The molecule has 0 aromatic heterocycles. The zero-order chi connectivity index (χ0) is 12.1. The molecular weight excluding hydrogens is 215 g/mol. The number of carbonyl (C=O) groups is 1. The van der Waals surface area contributed by atoms with Gasteiger partial charge in [-0.05, 0) is 12.1 Å². The minimum atomic E-state index is -0.611. The lowest BCUT2D eigenvalue weighted by atomic mass is 10.3. The number of rotatable bonds is 3. The van der Waals surface area contributed by atoms with E-state index in [-0.39, 0.29) is 11.4 Å². The summed E-state index contributed by atoms with van der Waals surface area (Å²) in [6, 6.07) is 2.96. The van der Waals surface area contributed by atoms with Gasteiger partial charge in [0, 0.05) is 13.1 Å². The fraction of sp³-hybridized carbons (Fsp3) is 0.222. The largest absolute Gasteiger partial charge is 0.494 e. The van der Waals surface area contributed by atoms with Gasteiger partial charge in [-0.1, -0.05) is 5.22 Å². The van der Waals surface area contributed by atoms with Crippen LogP contribution in [0.3, 0.4) is 0 Å². The maximum atomic E-state index is 12.9. The number of amides is 2. The van der Waals surface area contributed by atoms with Crippen molar-refractivity contribution in [3.63, 3.8) is 0 Å². The Morgan fingerprint density at radius 2 is 2.31 bits per heavy atom. The first kappa shape index (κ1) is 11.9. The van der Waals surface area contributed by atoms with Gasteiger partial charge in [-0.25, -0.2) is 9.18 Å². The topological polar surface area (TPSA) is 77.8 Å². The van der Waals surface area contributed by atoms with E-state index in [1.165, 1.54) is 20.2 Å². The molecule has 0 unspecified atom stereocenters. The molecule has 0 aliphatic carbocycles. The predicted molar refractivity (Wildman–Crippen MR) is 55.0 cm³/mol. The minimum Gasteiger partial charge on any atom is -0.494 e. The molecule has 86 valence electrons. The molecule has 1 aromatic rings. The van der Waals surface area contributed by atoms with E-state index in [2.05, 4.69) is 10.5 Å². The van der Waals surface area contributed by atoms with Crippen LogP contribution in [0.2, 0.25) is 0 Å². The monoisotopic (exact) mass is 226 g/mol. The third-order valence-corrected chi connectivity index (χ3v) is 1.88. The lowest BCUT2D eigenvalue weighted by Gasteiger charge is -2.17. The van der Waals surface area contributed by atoms with Gasteiger partial charge in [0.05, 0.1) is 7.11 Å². The lowest BCUT2D eigenvalue weighted by molar-refractivity contribution is 0.247. The molecule has 0 bridgehead atoms. The van der Waals surface area contributed by atoms with E-state index in [9.17, 15) is 9.18 Å². The number of halogens is 1. The summed E-state index contributed by atoms with van der Waals surface area (Å²) in [6.07, 6.45) is 0. The predicted octanol–water partition coefficient (Wildman–Crippen LogP) is 1.93. The Balaban J connectivity index is 3.19. The maximum Gasteiger partial charge on any atom is 0.343 e.